The van der Waals surface area contributed by atoms with Gasteiger partial charge in [-0.25, -0.2) is 4.98 Å². The summed E-state index contributed by atoms with van der Waals surface area (Å²) in [5, 5.41) is 7.03. The van der Waals surface area contributed by atoms with Crippen LogP contribution in [0.3, 0.4) is 0 Å². The number of aryl methyl sites for hydroxylation is 1. The van der Waals surface area contributed by atoms with Crippen LogP contribution in [0.1, 0.15) is 19.3 Å². The molecule has 1 aromatic carbocycles. The molecule has 0 radical (unpaired) electrons. The summed E-state index contributed by atoms with van der Waals surface area (Å²) >= 11 is 1.87. The Kier molecular flexibility index (Phi) is 4.24. The van der Waals surface area contributed by atoms with Crippen molar-refractivity contribution < 1.29 is 4.79 Å². The Bertz CT molecular complexity index is 581. The Hall–Kier alpha value is -1.82. The van der Waals surface area contributed by atoms with E-state index in [-0.39, 0.29) is 10.7 Å². The average molecular weight is 302 g/mol. The molecular formula is C15H18N4OS. The maximum absolute atomic E-state index is 11.9. The largest absolute Gasteiger partial charge is 0.355 e. The molecule has 6 heteroatoms. The molecular weight excluding hydrogens is 284 g/mol. The lowest BCUT2D eigenvalue weighted by atomic mass is 10.3. The third-order valence-corrected chi connectivity index (χ3v) is 5.02. The number of thioether (sulfide) groups is 1. The summed E-state index contributed by atoms with van der Waals surface area (Å²) in [6.45, 7) is 1.31. The van der Waals surface area contributed by atoms with Crippen molar-refractivity contribution in [3.8, 4) is 0 Å². The predicted molar refractivity (Wildman–Crippen MR) is 81.9 cm³/mol. The number of benzene rings is 1. The molecule has 1 saturated carbocycles. The van der Waals surface area contributed by atoms with Gasteiger partial charge < -0.3 is 5.32 Å². The molecule has 0 atom stereocenters. The first-order valence-corrected chi connectivity index (χ1v) is 7.91. The molecule has 110 valence electrons. The van der Waals surface area contributed by atoms with Crippen molar-refractivity contribution in [2.75, 3.05) is 6.54 Å². The molecule has 0 unspecified atom stereocenters. The Morgan fingerprint density at radius 1 is 1.33 bits per heavy atom. The van der Waals surface area contributed by atoms with Gasteiger partial charge in [0.05, 0.1) is 6.54 Å². The molecule has 1 aliphatic carbocycles. The molecule has 1 N–H and O–H groups in total. The minimum absolute atomic E-state index is 0.0745. The van der Waals surface area contributed by atoms with Gasteiger partial charge in [0.25, 0.3) is 0 Å². The SMILES string of the molecule is O=C(CCn1cncn1)NCC1(Sc2ccccc2)CC1. The summed E-state index contributed by atoms with van der Waals surface area (Å²) in [6.07, 6.45) is 5.87. The maximum atomic E-state index is 11.9. The molecule has 0 spiro atoms. The van der Waals surface area contributed by atoms with Crippen LogP contribution in [-0.4, -0.2) is 32.0 Å². The van der Waals surface area contributed by atoms with E-state index >= 15 is 0 Å². The second-order valence-electron chi connectivity index (χ2n) is 5.28. The quantitative estimate of drug-likeness (QED) is 0.851. The van der Waals surface area contributed by atoms with Gasteiger partial charge >= 0.3 is 0 Å². The van der Waals surface area contributed by atoms with E-state index in [1.165, 1.54) is 11.2 Å². The highest BCUT2D eigenvalue weighted by Crippen LogP contribution is 2.51. The molecule has 0 saturated heterocycles. The van der Waals surface area contributed by atoms with Crippen molar-refractivity contribution in [1.82, 2.24) is 20.1 Å². The summed E-state index contributed by atoms with van der Waals surface area (Å²) < 4.78 is 1.87. The van der Waals surface area contributed by atoms with Gasteiger partial charge in [-0.1, -0.05) is 18.2 Å². The van der Waals surface area contributed by atoms with E-state index in [9.17, 15) is 4.79 Å². The highest BCUT2D eigenvalue weighted by atomic mass is 32.2. The van der Waals surface area contributed by atoms with E-state index in [0.29, 0.717) is 13.0 Å². The summed E-state index contributed by atoms with van der Waals surface area (Å²) in [5.74, 6) is 0.0745. The van der Waals surface area contributed by atoms with Crippen molar-refractivity contribution in [2.24, 2.45) is 0 Å². The topological polar surface area (TPSA) is 59.8 Å². The van der Waals surface area contributed by atoms with Crippen molar-refractivity contribution in [3.05, 3.63) is 43.0 Å². The van der Waals surface area contributed by atoms with Gasteiger partial charge in [-0.2, -0.15) is 5.10 Å². The second kappa shape index (κ2) is 6.30. The lowest BCUT2D eigenvalue weighted by Crippen LogP contribution is -2.32. The molecule has 1 heterocycles. The van der Waals surface area contributed by atoms with Crippen LogP contribution >= 0.6 is 11.8 Å². The highest BCUT2D eigenvalue weighted by molar-refractivity contribution is 8.01. The van der Waals surface area contributed by atoms with Crippen molar-refractivity contribution >= 4 is 17.7 Å². The molecule has 2 aromatic rings. The first kappa shape index (κ1) is 14.1. The Morgan fingerprint density at radius 2 is 2.14 bits per heavy atom. The fourth-order valence-electron chi connectivity index (χ4n) is 2.11. The van der Waals surface area contributed by atoms with Gasteiger partial charge in [0, 0.05) is 22.6 Å². The van der Waals surface area contributed by atoms with E-state index in [4.69, 9.17) is 0 Å². The number of hydrogen-bond donors (Lipinski definition) is 1. The maximum Gasteiger partial charge on any atom is 0.221 e. The van der Waals surface area contributed by atoms with Crippen molar-refractivity contribution in [3.63, 3.8) is 0 Å². The standard InChI is InChI=1S/C15H18N4OS/c20-14(6-9-19-12-16-11-18-19)17-10-15(7-8-15)21-13-4-2-1-3-5-13/h1-5,11-12H,6-10H2,(H,17,20). The van der Waals surface area contributed by atoms with Crippen LogP contribution in [0, 0.1) is 0 Å². The predicted octanol–water partition coefficient (Wildman–Crippen LogP) is 2.11. The molecule has 3 rings (SSSR count). The van der Waals surface area contributed by atoms with Gasteiger partial charge in [0.2, 0.25) is 5.91 Å². The molecule has 1 fully saturated rings. The second-order valence-corrected chi connectivity index (χ2v) is 6.82. The van der Waals surface area contributed by atoms with Gasteiger partial charge in [0.1, 0.15) is 12.7 Å². The van der Waals surface area contributed by atoms with Crippen LogP contribution in [0.25, 0.3) is 0 Å². The third-order valence-electron chi connectivity index (χ3n) is 3.53. The Labute approximate surface area is 128 Å². The summed E-state index contributed by atoms with van der Waals surface area (Å²) in [6, 6.07) is 10.4. The molecule has 21 heavy (non-hydrogen) atoms. The number of nitrogens with one attached hydrogen (secondary N) is 1. The van der Waals surface area contributed by atoms with Crippen LogP contribution < -0.4 is 5.32 Å². The fourth-order valence-corrected chi connectivity index (χ4v) is 3.35. The molecule has 1 aliphatic rings. The zero-order valence-corrected chi connectivity index (χ0v) is 12.6. The number of hydrogen-bond acceptors (Lipinski definition) is 4. The summed E-state index contributed by atoms with van der Waals surface area (Å²) in [4.78, 5) is 17.0. The molecule has 1 aromatic heterocycles. The normalized spacial score (nSPS) is 15.6. The zero-order valence-electron chi connectivity index (χ0n) is 11.7. The monoisotopic (exact) mass is 302 g/mol. The van der Waals surface area contributed by atoms with Gasteiger partial charge in [0.15, 0.2) is 0 Å². The van der Waals surface area contributed by atoms with E-state index < -0.39 is 0 Å². The van der Waals surface area contributed by atoms with Gasteiger partial charge in [-0.15, -0.1) is 11.8 Å². The Balaban J connectivity index is 1.43. The van der Waals surface area contributed by atoms with Crippen LogP contribution in [-0.2, 0) is 11.3 Å². The van der Waals surface area contributed by atoms with E-state index in [1.54, 1.807) is 11.0 Å². The smallest absolute Gasteiger partial charge is 0.221 e. The fraction of sp³-hybridized carbons (Fsp3) is 0.400. The third kappa shape index (κ3) is 4.07. The highest BCUT2D eigenvalue weighted by Gasteiger charge is 2.43. The number of carbonyl (C=O) groups is 1. The minimum atomic E-state index is 0.0745. The number of amides is 1. The molecule has 5 nitrogen and oxygen atoms in total. The van der Waals surface area contributed by atoms with Crippen LogP contribution in [0.15, 0.2) is 47.9 Å². The number of carbonyl (C=O) groups excluding carboxylic acids is 1. The average Bonchev–Trinajstić information content (AvgIpc) is 3.07. The number of aromatic nitrogens is 3. The first-order chi connectivity index (χ1) is 10.3. The van der Waals surface area contributed by atoms with Crippen LogP contribution in [0.2, 0.25) is 0 Å². The Morgan fingerprint density at radius 3 is 2.81 bits per heavy atom. The molecule has 1 amide bonds. The number of rotatable bonds is 7. The summed E-state index contributed by atoms with van der Waals surface area (Å²) in [5.41, 5.74) is 0. The molecule has 0 aliphatic heterocycles. The van der Waals surface area contributed by atoms with Gasteiger partial charge in [-0.05, 0) is 25.0 Å². The van der Waals surface area contributed by atoms with E-state index in [2.05, 4.69) is 39.7 Å². The van der Waals surface area contributed by atoms with Crippen LogP contribution in [0.5, 0.6) is 0 Å². The molecule has 0 bridgehead atoms. The summed E-state index contributed by atoms with van der Waals surface area (Å²) in [7, 11) is 0. The van der Waals surface area contributed by atoms with E-state index in [1.807, 2.05) is 17.8 Å². The minimum Gasteiger partial charge on any atom is -0.355 e. The van der Waals surface area contributed by atoms with Gasteiger partial charge in [-0.3, -0.25) is 9.48 Å². The lowest BCUT2D eigenvalue weighted by molar-refractivity contribution is -0.121. The van der Waals surface area contributed by atoms with Crippen LogP contribution in [0.4, 0.5) is 0 Å². The van der Waals surface area contributed by atoms with E-state index in [0.717, 1.165) is 19.4 Å². The first-order valence-electron chi connectivity index (χ1n) is 7.09. The zero-order chi connectivity index (χ0) is 14.5. The van der Waals surface area contributed by atoms with Crippen molar-refractivity contribution in [1.29, 1.82) is 0 Å². The number of nitrogens with zero attached hydrogens (tertiary/aromatic N) is 3. The van der Waals surface area contributed by atoms with Crippen molar-refractivity contribution in [2.45, 2.75) is 35.4 Å². The lowest BCUT2D eigenvalue weighted by Gasteiger charge is -2.15.